The van der Waals surface area contributed by atoms with Crippen LogP contribution in [0.5, 0.6) is 0 Å². The summed E-state index contributed by atoms with van der Waals surface area (Å²) in [5.74, 6) is -0.368. The zero-order chi connectivity index (χ0) is 20.4. The lowest BCUT2D eigenvalue weighted by Crippen LogP contribution is -2.38. The Morgan fingerprint density at radius 2 is 2.14 bits per heavy atom. The lowest BCUT2D eigenvalue weighted by Gasteiger charge is -2.25. The van der Waals surface area contributed by atoms with E-state index in [4.69, 9.17) is 4.74 Å². The first-order valence-corrected chi connectivity index (χ1v) is 9.66. The molecule has 4 rings (SSSR count). The Hall–Kier alpha value is -3.06. The van der Waals surface area contributed by atoms with E-state index in [2.05, 4.69) is 9.97 Å². The Kier molecular flexibility index (Phi) is 5.40. The minimum absolute atomic E-state index is 0.0820. The van der Waals surface area contributed by atoms with Gasteiger partial charge in [-0.3, -0.25) is 9.59 Å². The van der Waals surface area contributed by atoms with Crippen molar-refractivity contribution < 1.29 is 13.9 Å². The van der Waals surface area contributed by atoms with Gasteiger partial charge in [0, 0.05) is 18.7 Å². The minimum Gasteiger partial charge on any atom is -0.376 e. The van der Waals surface area contributed by atoms with Crippen LogP contribution in [0.2, 0.25) is 0 Å². The summed E-state index contributed by atoms with van der Waals surface area (Å²) in [7, 11) is 0. The highest BCUT2D eigenvalue weighted by Gasteiger charge is 2.25. The fraction of sp³-hybridized carbons (Fsp3) is 0.318. The van der Waals surface area contributed by atoms with Crippen molar-refractivity contribution in [2.75, 3.05) is 13.2 Å². The molecule has 2 aromatic carbocycles. The van der Waals surface area contributed by atoms with Gasteiger partial charge in [-0.1, -0.05) is 18.2 Å². The van der Waals surface area contributed by atoms with E-state index in [0.29, 0.717) is 35.4 Å². The van der Waals surface area contributed by atoms with E-state index < -0.39 is 5.82 Å². The molecule has 1 aliphatic heterocycles. The summed E-state index contributed by atoms with van der Waals surface area (Å²) in [4.78, 5) is 34.3. The third kappa shape index (κ3) is 4.19. The first kappa shape index (κ1) is 19.3. The fourth-order valence-electron chi connectivity index (χ4n) is 3.55. The van der Waals surface area contributed by atoms with Crippen LogP contribution in [0, 0.1) is 12.7 Å². The molecule has 1 aliphatic rings. The second kappa shape index (κ2) is 8.13. The quantitative estimate of drug-likeness (QED) is 0.720. The number of aromatic amines is 1. The van der Waals surface area contributed by atoms with E-state index >= 15 is 0 Å². The summed E-state index contributed by atoms with van der Waals surface area (Å²) in [5, 5.41) is 0.494. The van der Waals surface area contributed by atoms with Gasteiger partial charge >= 0.3 is 0 Å². The number of aryl methyl sites for hydroxylation is 1. The molecule has 3 aromatic rings. The standard InChI is InChI=1S/C22H22FN3O3/c1-14-8-9-15(11-18(14)23)22(28)26(12-16-5-4-10-29-16)13-20-24-19-7-3-2-6-17(19)21(27)25-20/h2-3,6-9,11,16H,4-5,10,12-13H2,1H3,(H,24,25,27). The van der Waals surface area contributed by atoms with Crippen LogP contribution in [-0.4, -0.2) is 40.0 Å². The first-order chi connectivity index (χ1) is 14.0. The number of aromatic nitrogens is 2. The predicted molar refractivity (Wildman–Crippen MR) is 107 cm³/mol. The van der Waals surface area contributed by atoms with Gasteiger partial charge < -0.3 is 14.6 Å². The van der Waals surface area contributed by atoms with Gasteiger partial charge in [0.2, 0.25) is 0 Å². The van der Waals surface area contributed by atoms with Crippen LogP contribution in [0.4, 0.5) is 4.39 Å². The van der Waals surface area contributed by atoms with Crippen LogP contribution in [0.3, 0.4) is 0 Å². The summed E-state index contributed by atoms with van der Waals surface area (Å²) in [6.45, 7) is 2.77. The van der Waals surface area contributed by atoms with Gasteiger partial charge in [-0.15, -0.1) is 0 Å². The number of halogens is 1. The highest BCUT2D eigenvalue weighted by atomic mass is 19.1. The van der Waals surface area contributed by atoms with Crippen molar-refractivity contribution in [2.45, 2.75) is 32.4 Å². The summed E-state index contributed by atoms with van der Waals surface area (Å²) in [6.07, 6.45) is 1.71. The molecule has 1 atom stereocenters. The molecule has 0 aliphatic carbocycles. The van der Waals surface area contributed by atoms with E-state index in [1.54, 1.807) is 42.2 Å². The minimum atomic E-state index is -0.426. The van der Waals surface area contributed by atoms with Gasteiger partial charge in [-0.05, 0) is 49.6 Å². The maximum atomic E-state index is 14.0. The van der Waals surface area contributed by atoms with Crippen molar-refractivity contribution in [3.63, 3.8) is 0 Å². The molecule has 1 amide bonds. The number of hydrogen-bond acceptors (Lipinski definition) is 4. The van der Waals surface area contributed by atoms with Crippen LogP contribution >= 0.6 is 0 Å². The number of carbonyl (C=O) groups excluding carboxylic acids is 1. The molecule has 1 unspecified atom stereocenters. The molecule has 7 heteroatoms. The Morgan fingerprint density at radius 3 is 2.90 bits per heavy atom. The smallest absolute Gasteiger partial charge is 0.258 e. The predicted octanol–water partition coefficient (Wildman–Crippen LogP) is 3.19. The maximum absolute atomic E-state index is 14.0. The van der Waals surface area contributed by atoms with Crippen LogP contribution < -0.4 is 5.56 Å². The van der Waals surface area contributed by atoms with Crippen LogP contribution in [0.15, 0.2) is 47.3 Å². The van der Waals surface area contributed by atoms with Crippen LogP contribution in [0.25, 0.3) is 10.9 Å². The summed E-state index contributed by atoms with van der Waals surface area (Å²) in [6, 6.07) is 11.5. The van der Waals surface area contributed by atoms with E-state index in [9.17, 15) is 14.0 Å². The van der Waals surface area contributed by atoms with Crippen molar-refractivity contribution in [3.8, 4) is 0 Å². The fourth-order valence-corrected chi connectivity index (χ4v) is 3.55. The SMILES string of the molecule is Cc1ccc(C(=O)N(Cc2nc3ccccc3c(=O)[nH]2)CC2CCCO2)cc1F. The molecule has 1 saturated heterocycles. The summed E-state index contributed by atoms with van der Waals surface area (Å²) < 4.78 is 19.7. The number of ether oxygens (including phenoxy) is 1. The van der Waals surface area contributed by atoms with Gasteiger partial charge in [0.15, 0.2) is 0 Å². The molecule has 1 aromatic heterocycles. The molecule has 29 heavy (non-hydrogen) atoms. The van der Waals surface area contributed by atoms with Crippen molar-refractivity contribution in [1.82, 2.24) is 14.9 Å². The van der Waals surface area contributed by atoms with E-state index in [-0.39, 0.29) is 29.7 Å². The Balaban J connectivity index is 1.65. The number of carbonyl (C=O) groups is 1. The van der Waals surface area contributed by atoms with Gasteiger partial charge in [-0.2, -0.15) is 0 Å². The molecule has 1 fully saturated rings. The van der Waals surface area contributed by atoms with Crippen LogP contribution in [-0.2, 0) is 11.3 Å². The molecule has 0 radical (unpaired) electrons. The van der Waals surface area contributed by atoms with Gasteiger partial charge in [0.1, 0.15) is 11.6 Å². The highest BCUT2D eigenvalue weighted by Crippen LogP contribution is 2.18. The second-order valence-electron chi connectivity index (χ2n) is 7.31. The van der Waals surface area contributed by atoms with E-state index in [1.165, 1.54) is 6.07 Å². The number of nitrogens with zero attached hydrogens (tertiary/aromatic N) is 2. The molecule has 2 heterocycles. The van der Waals surface area contributed by atoms with Crippen molar-refractivity contribution in [2.24, 2.45) is 0 Å². The second-order valence-corrected chi connectivity index (χ2v) is 7.31. The molecule has 0 bridgehead atoms. The number of H-pyrrole nitrogens is 1. The molecule has 150 valence electrons. The van der Waals surface area contributed by atoms with Gasteiger partial charge in [-0.25, -0.2) is 9.37 Å². The third-order valence-corrected chi connectivity index (χ3v) is 5.16. The Morgan fingerprint density at radius 1 is 1.31 bits per heavy atom. The van der Waals surface area contributed by atoms with E-state index in [0.717, 1.165) is 12.8 Å². The summed E-state index contributed by atoms with van der Waals surface area (Å²) in [5.41, 5.74) is 1.05. The largest absolute Gasteiger partial charge is 0.376 e. The number of amides is 1. The van der Waals surface area contributed by atoms with Crippen molar-refractivity contribution >= 4 is 16.8 Å². The molecule has 6 nitrogen and oxygen atoms in total. The molecule has 1 N–H and O–H groups in total. The normalized spacial score (nSPS) is 16.3. The number of hydrogen-bond donors (Lipinski definition) is 1. The lowest BCUT2D eigenvalue weighted by atomic mass is 10.1. The lowest BCUT2D eigenvalue weighted by molar-refractivity contribution is 0.0501. The third-order valence-electron chi connectivity index (χ3n) is 5.16. The van der Waals surface area contributed by atoms with Gasteiger partial charge in [0.25, 0.3) is 11.5 Å². The number of para-hydroxylation sites is 1. The zero-order valence-corrected chi connectivity index (χ0v) is 16.2. The average Bonchev–Trinajstić information content (AvgIpc) is 3.22. The topological polar surface area (TPSA) is 75.3 Å². The number of benzene rings is 2. The van der Waals surface area contributed by atoms with Crippen molar-refractivity contribution in [1.29, 1.82) is 0 Å². The summed E-state index contributed by atoms with van der Waals surface area (Å²) >= 11 is 0. The number of fused-ring (bicyclic) bond motifs is 1. The highest BCUT2D eigenvalue weighted by molar-refractivity contribution is 5.94. The van der Waals surface area contributed by atoms with Crippen LogP contribution in [0.1, 0.15) is 34.6 Å². The molecular formula is C22H22FN3O3. The zero-order valence-electron chi connectivity index (χ0n) is 16.2. The monoisotopic (exact) mass is 395 g/mol. The number of rotatable bonds is 5. The Labute approximate surface area is 167 Å². The first-order valence-electron chi connectivity index (χ1n) is 9.66. The molecule has 0 saturated carbocycles. The van der Waals surface area contributed by atoms with Crippen molar-refractivity contribution in [3.05, 3.63) is 75.6 Å². The maximum Gasteiger partial charge on any atom is 0.258 e. The van der Waals surface area contributed by atoms with Gasteiger partial charge in [0.05, 0.1) is 23.6 Å². The Bertz CT molecular complexity index is 1110. The average molecular weight is 395 g/mol. The molecular weight excluding hydrogens is 373 g/mol. The number of nitrogens with one attached hydrogen (secondary N) is 1. The van der Waals surface area contributed by atoms with E-state index in [1.807, 2.05) is 6.07 Å². The molecule has 0 spiro atoms.